The minimum atomic E-state index is 0.410. The van der Waals surface area contributed by atoms with E-state index in [0.29, 0.717) is 6.10 Å². The number of hydrogen-bond acceptors (Lipinski definition) is 2. The minimum absolute atomic E-state index is 0.410. The van der Waals surface area contributed by atoms with Crippen molar-refractivity contribution >= 4 is 0 Å². The largest absolute Gasteiger partial charge is 0.382 e. The van der Waals surface area contributed by atoms with Crippen LogP contribution in [0.4, 0.5) is 0 Å². The van der Waals surface area contributed by atoms with Gasteiger partial charge in [-0.3, -0.25) is 0 Å². The van der Waals surface area contributed by atoms with Gasteiger partial charge in [0.25, 0.3) is 0 Å². The Labute approximate surface area is 101 Å². The van der Waals surface area contributed by atoms with Gasteiger partial charge in [-0.05, 0) is 51.5 Å². The van der Waals surface area contributed by atoms with Crippen LogP contribution in [-0.2, 0) is 4.74 Å². The predicted octanol–water partition coefficient (Wildman–Crippen LogP) is 3.36. The minimum Gasteiger partial charge on any atom is -0.382 e. The van der Waals surface area contributed by atoms with Crippen molar-refractivity contribution in [3.05, 3.63) is 0 Å². The molecule has 0 saturated heterocycles. The van der Waals surface area contributed by atoms with Crippen molar-refractivity contribution in [3.8, 4) is 0 Å². The van der Waals surface area contributed by atoms with Gasteiger partial charge in [0.2, 0.25) is 0 Å². The Balaban J connectivity index is 2.30. The molecule has 2 heteroatoms. The molecule has 2 nitrogen and oxygen atoms in total. The van der Waals surface area contributed by atoms with Gasteiger partial charge in [-0.2, -0.15) is 0 Å². The van der Waals surface area contributed by atoms with Gasteiger partial charge in [0.1, 0.15) is 0 Å². The smallest absolute Gasteiger partial charge is 0.0543 e. The van der Waals surface area contributed by atoms with Gasteiger partial charge in [-0.15, -0.1) is 0 Å². The Morgan fingerprint density at radius 3 is 2.50 bits per heavy atom. The summed E-state index contributed by atoms with van der Waals surface area (Å²) in [4.78, 5) is 0. The third-order valence-corrected chi connectivity index (χ3v) is 3.91. The topological polar surface area (TPSA) is 21.3 Å². The zero-order valence-corrected chi connectivity index (χ0v) is 11.3. The SMILES string of the molecule is CCCNC(CCC(C)OC)C1CCCC1. The standard InChI is InChI=1S/C14H29NO/c1-4-11-15-14(10-9-12(2)16-3)13-7-5-6-8-13/h12-15H,4-11H2,1-3H3. The summed E-state index contributed by atoms with van der Waals surface area (Å²) in [5, 5.41) is 3.74. The maximum atomic E-state index is 5.34. The first-order chi connectivity index (χ1) is 7.77. The molecule has 2 atom stereocenters. The van der Waals surface area contributed by atoms with Gasteiger partial charge >= 0.3 is 0 Å². The summed E-state index contributed by atoms with van der Waals surface area (Å²) in [5.41, 5.74) is 0. The number of rotatable bonds is 8. The fourth-order valence-corrected chi connectivity index (χ4v) is 2.73. The molecule has 0 spiro atoms. The molecule has 0 heterocycles. The van der Waals surface area contributed by atoms with Crippen LogP contribution in [0.3, 0.4) is 0 Å². The lowest BCUT2D eigenvalue weighted by Gasteiger charge is -2.25. The molecular weight excluding hydrogens is 198 g/mol. The van der Waals surface area contributed by atoms with E-state index in [1.807, 2.05) is 7.11 Å². The molecule has 1 saturated carbocycles. The van der Waals surface area contributed by atoms with Gasteiger partial charge in [0.05, 0.1) is 6.10 Å². The monoisotopic (exact) mass is 227 g/mol. The number of methoxy groups -OCH3 is 1. The van der Waals surface area contributed by atoms with Crippen LogP contribution >= 0.6 is 0 Å². The fraction of sp³-hybridized carbons (Fsp3) is 1.00. The maximum absolute atomic E-state index is 5.34. The van der Waals surface area contributed by atoms with Crippen molar-refractivity contribution in [1.29, 1.82) is 0 Å². The molecule has 1 N–H and O–H groups in total. The molecular formula is C14H29NO. The van der Waals surface area contributed by atoms with E-state index < -0.39 is 0 Å². The molecule has 16 heavy (non-hydrogen) atoms. The van der Waals surface area contributed by atoms with E-state index in [-0.39, 0.29) is 0 Å². The van der Waals surface area contributed by atoms with E-state index in [1.165, 1.54) is 51.5 Å². The van der Waals surface area contributed by atoms with Crippen molar-refractivity contribution < 1.29 is 4.74 Å². The van der Waals surface area contributed by atoms with Crippen LogP contribution in [0.25, 0.3) is 0 Å². The van der Waals surface area contributed by atoms with Gasteiger partial charge < -0.3 is 10.1 Å². The van der Waals surface area contributed by atoms with Gasteiger partial charge in [0.15, 0.2) is 0 Å². The summed E-state index contributed by atoms with van der Waals surface area (Å²) in [6.45, 7) is 5.59. The Morgan fingerprint density at radius 2 is 1.94 bits per heavy atom. The molecule has 0 bridgehead atoms. The van der Waals surface area contributed by atoms with Gasteiger partial charge in [-0.1, -0.05) is 19.8 Å². The van der Waals surface area contributed by atoms with Crippen LogP contribution < -0.4 is 5.32 Å². The van der Waals surface area contributed by atoms with Crippen LogP contribution in [0.2, 0.25) is 0 Å². The highest BCUT2D eigenvalue weighted by molar-refractivity contribution is 4.81. The van der Waals surface area contributed by atoms with Crippen LogP contribution in [0.1, 0.15) is 58.8 Å². The molecule has 1 rings (SSSR count). The lowest BCUT2D eigenvalue weighted by molar-refractivity contribution is 0.103. The van der Waals surface area contributed by atoms with Gasteiger partial charge in [0, 0.05) is 13.2 Å². The molecule has 0 aromatic carbocycles. The van der Waals surface area contributed by atoms with E-state index in [2.05, 4.69) is 19.2 Å². The first-order valence-corrected chi connectivity index (χ1v) is 7.04. The molecule has 1 aliphatic rings. The van der Waals surface area contributed by atoms with Crippen molar-refractivity contribution in [1.82, 2.24) is 5.32 Å². The molecule has 96 valence electrons. The fourth-order valence-electron chi connectivity index (χ4n) is 2.73. The Morgan fingerprint density at radius 1 is 1.25 bits per heavy atom. The molecule has 0 aromatic rings. The number of nitrogens with one attached hydrogen (secondary N) is 1. The van der Waals surface area contributed by atoms with Gasteiger partial charge in [-0.25, -0.2) is 0 Å². The van der Waals surface area contributed by atoms with E-state index in [4.69, 9.17) is 4.74 Å². The molecule has 1 aliphatic carbocycles. The summed E-state index contributed by atoms with van der Waals surface area (Å²) in [6.07, 6.45) is 9.86. The Bertz CT molecular complexity index is 166. The lowest BCUT2D eigenvalue weighted by Crippen LogP contribution is -2.36. The second kappa shape index (κ2) is 8.08. The summed E-state index contributed by atoms with van der Waals surface area (Å²) >= 11 is 0. The predicted molar refractivity (Wildman–Crippen MR) is 69.7 cm³/mol. The highest BCUT2D eigenvalue weighted by atomic mass is 16.5. The van der Waals surface area contributed by atoms with Crippen molar-refractivity contribution in [3.63, 3.8) is 0 Å². The van der Waals surface area contributed by atoms with Crippen LogP contribution in [0.15, 0.2) is 0 Å². The Hall–Kier alpha value is -0.0800. The number of ether oxygens (including phenoxy) is 1. The second-order valence-electron chi connectivity index (χ2n) is 5.23. The van der Waals surface area contributed by atoms with E-state index in [1.54, 1.807) is 0 Å². The highest BCUT2D eigenvalue weighted by Crippen LogP contribution is 2.29. The average Bonchev–Trinajstić information content (AvgIpc) is 2.82. The molecule has 0 amide bonds. The quantitative estimate of drug-likeness (QED) is 0.686. The van der Waals surface area contributed by atoms with E-state index in [9.17, 15) is 0 Å². The maximum Gasteiger partial charge on any atom is 0.0543 e. The molecule has 0 aromatic heterocycles. The lowest BCUT2D eigenvalue weighted by atomic mass is 9.93. The van der Waals surface area contributed by atoms with Crippen molar-refractivity contribution in [2.24, 2.45) is 5.92 Å². The van der Waals surface area contributed by atoms with Crippen LogP contribution in [0, 0.1) is 5.92 Å². The third kappa shape index (κ3) is 4.84. The third-order valence-electron chi connectivity index (χ3n) is 3.91. The van der Waals surface area contributed by atoms with E-state index in [0.717, 1.165) is 12.0 Å². The van der Waals surface area contributed by atoms with E-state index >= 15 is 0 Å². The summed E-state index contributed by atoms with van der Waals surface area (Å²) in [7, 11) is 1.81. The number of hydrogen-bond donors (Lipinski definition) is 1. The van der Waals surface area contributed by atoms with Crippen molar-refractivity contribution in [2.75, 3.05) is 13.7 Å². The zero-order chi connectivity index (χ0) is 11.8. The Kier molecular flexibility index (Phi) is 7.06. The molecule has 0 aliphatic heterocycles. The van der Waals surface area contributed by atoms with Crippen LogP contribution in [-0.4, -0.2) is 25.8 Å². The summed E-state index contributed by atoms with van der Waals surface area (Å²) in [6, 6.07) is 0.736. The molecule has 2 unspecified atom stereocenters. The normalized spacial score (nSPS) is 21.2. The second-order valence-corrected chi connectivity index (χ2v) is 5.23. The van der Waals surface area contributed by atoms with Crippen LogP contribution in [0.5, 0.6) is 0 Å². The average molecular weight is 227 g/mol. The highest BCUT2D eigenvalue weighted by Gasteiger charge is 2.24. The first-order valence-electron chi connectivity index (χ1n) is 7.04. The molecule has 1 fully saturated rings. The summed E-state index contributed by atoms with van der Waals surface area (Å²) in [5.74, 6) is 0.926. The van der Waals surface area contributed by atoms with Crippen molar-refractivity contribution in [2.45, 2.75) is 70.9 Å². The first kappa shape index (κ1) is 14.0. The molecule has 0 radical (unpaired) electrons. The summed E-state index contributed by atoms with van der Waals surface area (Å²) < 4.78 is 5.34. The zero-order valence-electron chi connectivity index (χ0n) is 11.3.